The summed E-state index contributed by atoms with van der Waals surface area (Å²) in [5.41, 5.74) is 0. The van der Waals surface area contributed by atoms with Crippen LogP contribution in [0.15, 0.2) is 9.98 Å². The van der Waals surface area contributed by atoms with Crippen LogP contribution in [-0.4, -0.2) is 40.7 Å². The average molecular weight is 245 g/mol. The Hall–Kier alpha value is 0.166. The molecule has 0 heterocycles. The second-order valence-electron chi connectivity index (χ2n) is 2.12. The predicted octanol–water partition coefficient (Wildman–Crippen LogP) is 1.88. The Morgan fingerprint density at radius 2 is 1.69 bits per heavy atom. The van der Waals surface area contributed by atoms with Gasteiger partial charge in [0.05, 0.1) is 6.21 Å². The van der Waals surface area contributed by atoms with E-state index in [0.717, 1.165) is 0 Å². The summed E-state index contributed by atoms with van der Waals surface area (Å²) in [6, 6.07) is 0. The Morgan fingerprint density at radius 3 is 1.92 bits per heavy atom. The Morgan fingerprint density at radius 1 is 1.23 bits per heavy atom. The van der Waals surface area contributed by atoms with Crippen molar-refractivity contribution in [3.63, 3.8) is 0 Å². The summed E-state index contributed by atoms with van der Waals surface area (Å²) in [7, 11) is 3.41. The van der Waals surface area contributed by atoms with Crippen LogP contribution in [0.25, 0.3) is 0 Å². The molecule has 0 aliphatic heterocycles. The zero-order valence-electron chi connectivity index (χ0n) is 9.27. The summed E-state index contributed by atoms with van der Waals surface area (Å²) in [5.74, 6) is 4.83. The topological polar surface area (TPSA) is 34.0 Å². The molecule has 0 N–H and O–H groups in total. The molecule has 0 saturated heterocycles. The van der Waals surface area contributed by atoms with Crippen molar-refractivity contribution in [3.8, 4) is 0 Å². The van der Waals surface area contributed by atoms with Crippen molar-refractivity contribution in [2.45, 2.75) is 11.6 Å². The summed E-state index contributed by atoms with van der Waals surface area (Å²) in [6.45, 7) is 0. The van der Waals surface area contributed by atoms with E-state index >= 15 is 0 Å². The Bertz CT molecular complexity index is 149. The molecule has 13 heavy (non-hydrogen) atoms. The van der Waals surface area contributed by atoms with Crippen molar-refractivity contribution in [1.82, 2.24) is 0 Å². The molecule has 0 aliphatic carbocycles. The molecular formula is C8H19AlN2NiO. The molecule has 0 radical (unpaired) electrons. The van der Waals surface area contributed by atoms with Gasteiger partial charge in [0.15, 0.2) is 5.90 Å². The fraction of sp³-hybridized carbons (Fsp3) is 0.500. The van der Waals surface area contributed by atoms with E-state index < -0.39 is 14.5 Å². The van der Waals surface area contributed by atoms with E-state index in [1.807, 2.05) is 0 Å². The van der Waals surface area contributed by atoms with Gasteiger partial charge in [0.25, 0.3) is 0 Å². The van der Waals surface area contributed by atoms with Gasteiger partial charge < -0.3 is 18.6 Å². The number of hydrogen-bond donors (Lipinski definition) is 0. The molecular weight excluding hydrogens is 226 g/mol. The van der Waals surface area contributed by atoms with Crippen LogP contribution in [0.3, 0.4) is 0 Å². The van der Waals surface area contributed by atoms with Crippen LogP contribution in [0, 0.1) is 14.9 Å². The number of rotatable bonds is 2. The van der Waals surface area contributed by atoms with Gasteiger partial charge in [0.1, 0.15) is 0 Å². The molecule has 0 rings (SSSR count). The van der Waals surface area contributed by atoms with Gasteiger partial charge in [-0.2, -0.15) is 0 Å². The van der Waals surface area contributed by atoms with Crippen LogP contribution in [0.4, 0.5) is 0 Å². The summed E-state index contributed by atoms with van der Waals surface area (Å²) >= 11 is -1.000. The van der Waals surface area contributed by atoms with Crippen LogP contribution < -0.4 is 0 Å². The number of aliphatic imine (C=N–C) groups is 2. The zero-order chi connectivity index (χ0) is 7.98. The van der Waals surface area contributed by atoms with Crippen LogP contribution in [0.5, 0.6) is 0 Å². The third kappa shape index (κ3) is 15.0. The van der Waals surface area contributed by atoms with Crippen LogP contribution in [-0.2, 0) is 20.3 Å². The number of hydrogen-bond acceptors (Lipinski definition) is 3. The Kier molecular flexibility index (Phi) is 26.2. The summed E-state index contributed by atoms with van der Waals surface area (Å²) in [4.78, 5) is 7.70. The van der Waals surface area contributed by atoms with Gasteiger partial charge in [-0.25, -0.2) is 0 Å². The van der Waals surface area contributed by atoms with Gasteiger partial charge in [-0.3, -0.25) is 9.98 Å². The second-order valence-corrected chi connectivity index (χ2v) is 4.45. The summed E-state index contributed by atoms with van der Waals surface area (Å²) < 4.78 is 5.38. The predicted molar refractivity (Wildman–Crippen MR) is 59.2 cm³/mol. The molecule has 80 valence electrons. The maximum absolute atomic E-state index is 5.38. The van der Waals surface area contributed by atoms with Gasteiger partial charge in [-0.15, -0.1) is 0 Å². The Labute approximate surface area is 97.3 Å². The second kappa shape index (κ2) is 14.7. The first kappa shape index (κ1) is 23.2. The van der Waals surface area contributed by atoms with Crippen molar-refractivity contribution >= 4 is 26.6 Å². The quantitative estimate of drug-likeness (QED) is 0.316. The Balaban J connectivity index is -0.000000135. The van der Waals surface area contributed by atoms with E-state index in [2.05, 4.69) is 21.6 Å². The summed E-state index contributed by atoms with van der Waals surface area (Å²) in [6.07, 6.45) is 1.63. The molecule has 0 aromatic carbocycles. The molecule has 0 bridgehead atoms. The molecule has 0 amide bonds. The monoisotopic (exact) mass is 244 g/mol. The van der Waals surface area contributed by atoms with E-state index in [0.29, 0.717) is 5.90 Å². The molecule has 0 atom stereocenters. The van der Waals surface area contributed by atoms with E-state index in [4.69, 9.17) is 3.79 Å². The SMILES string of the molecule is CN=CC(=NC)[O][Al]([CH3])[CH3].[CH3-].[CH3-].[Ni+2]. The standard InChI is InChI=1S/C4H8N2O.4CH3.Al.Ni/c1-5-3-4(7)6-2;;;;;;/h3H,1-2H3,(H,6,7);4*1H3;;/q;;;2*-1;+1;+2/p-1. The smallest absolute Gasteiger partial charge is 0.628 e. The largest absolute Gasteiger partial charge is 2.00 e. The first-order valence-corrected chi connectivity index (χ1v) is 6.04. The van der Waals surface area contributed by atoms with E-state index in [-0.39, 0.29) is 31.3 Å². The van der Waals surface area contributed by atoms with Crippen molar-refractivity contribution in [1.29, 1.82) is 0 Å². The molecule has 0 saturated carbocycles. The van der Waals surface area contributed by atoms with Crippen molar-refractivity contribution in [2.75, 3.05) is 14.1 Å². The van der Waals surface area contributed by atoms with Crippen molar-refractivity contribution < 1.29 is 20.3 Å². The van der Waals surface area contributed by atoms with Gasteiger partial charge in [0, 0.05) is 14.1 Å². The maximum atomic E-state index is 5.38. The molecule has 0 aliphatic rings. The van der Waals surface area contributed by atoms with Gasteiger partial charge in [0.2, 0.25) is 0 Å². The van der Waals surface area contributed by atoms with E-state index in [1.54, 1.807) is 20.3 Å². The van der Waals surface area contributed by atoms with Crippen LogP contribution in [0.1, 0.15) is 0 Å². The molecule has 5 heteroatoms. The average Bonchev–Trinajstić information content (AvgIpc) is 1.86. The van der Waals surface area contributed by atoms with Crippen molar-refractivity contribution in [3.05, 3.63) is 14.9 Å². The number of nitrogens with zero attached hydrogens (tertiary/aromatic N) is 2. The van der Waals surface area contributed by atoms with Crippen molar-refractivity contribution in [2.24, 2.45) is 9.98 Å². The minimum Gasteiger partial charge on any atom is -0.628 e. The minimum absolute atomic E-state index is 0. The first-order valence-electron chi connectivity index (χ1n) is 3.26. The third-order valence-corrected chi connectivity index (χ3v) is 1.53. The molecule has 0 aromatic rings. The fourth-order valence-corrected chi connectivity index (χ4v) is 1.14. The van der Waals surface area contributed by atoms with Gasteiger partial charge >= 0.3 is 31.0 Å². The third-order valence-electron chi connectivity index (χ3n) is 0.816. The zero-order valence-corrected chi connectivity index (χ0v) is 11.4. The van der Waals surface area contributed by atoms with Crippen LogP contribution in [0.2, 0.25) is 11.6 Å². The molecule has 0 unspecified atom stereocenters. The van der Waals surface area contributed by atoms with Crippen LogP contribution >= 0.6 is 0 Å². The van der Waals surface area contributed by atoms with E-state index in [1.165, 1.54) is 0 Å². The maximum Gasteiger partial charge on any atom is 2.00 e. The van der Waals surface area contributed by atoms with Gasteiger partial charge in [-0.1, -0.05) is 11.6 Å². The first-order chi connectivity index (χ1) is 4.70. The normalized spacial score (nSPS) is 9.38. The molecule has 3 nitrogen and oxygen atoms in total. The summed E-state index contributed by atoms with van der Waals surface area (Å²) in [5, 5.41) is 0. The molecule has 0 aromatic heterocycles. The molecule has 0 fully saturated rings. The van der Waals surface area contributed by atoms with E-state index in [9.17, 15) is 0 Å². The van der Waals surface area contributed by atoms with Gasteiger partial charge in [-0.05, 0) is 0 Å². The fourth-order valence-electron chi connectivity index (χ4n) is 0.493. The molecule has 0 spiro atoms. The minimum atomic E-state index is -1.000.